The van der Waals surface area contributed by atoms with Crippen molar-refractivity contribution in [3.05, 3.63) is 36.2 Å². The van der Waals surface area contributed by atoms with Gasteiger partial charge in [-0.05, 0) is 45.7 Å². The molecule has 0 bridgehead atoms. The molecule has 1 saturated heterocycles. The number of esters is 2. The summed E-state index contributed by atoms with van der Waals surface area (Å²) in [6.45, 7) is 5.81. The van der Waals surface area contributed by atoms with Gasteiger partial charge in [0, 0.05) is 6.42 Å². The first kappa shape index (κ1) is 34.0. The molecule has 17 nitrogen and oxygen atoms in total. The van der Waals surface area contributed by atoms with Crippen LogP contribution in [-0.4, -0.2) is 85.3 Å². The van der Waals surface area contributed by atoms with Gasteiger partial charge >= 0.3 is 19.7 Å². The Bertz CT molecular complexity index is 1570. The Hall–Kier alpha value is -3.86. The van der Waals surface area contributed by atoms with Crippen molar-refractivity contribution in [2.24, 2.45) is 0 Å². The van der Waals surface area contributed by atoms with Crippen LogP contribution in [0, 0.1) is 0 Å². The number of anilines is 2. The van der Waals surface area contributed by atoms with Gasteiger partial charge in [-0.1, -0.05) is 18.2 Å². The second-order valence-electron chi connectivity index (χ2n) is 10.4. The molecule has 1 fully saturated rings. The number of aliphatic hydroxyl groups is 2. The van der Waals surface area contributed by atoms with E-state index in [2.05, 4.69) is 20.0 Å². The van der Waals surface area contributed by atoms with E-state index in [1.165, 1.54) is 30.8 Å². The molecule has 1 aliphatic rings. The van der Waals surface area contributed by atoms with Crippen molar-refractivity contribution in [1.82, 2.24) is 24.6 Å². The maximum atomic E-state index is 14.2. The van der Waals surface area contributed by atoms with E-state index in [0.717, 1.165) is 0 Å². The molecule has 1 unspecified atom stereocenters. The van der Waals surface area contributed by atoms with Gasteiger partial charge in [0.05, 0.1) is 26.1 Å². The van der Waals surface area contributed by atoms with Gasteiger partial charge in [-0.25, -0.2) is 9.55 Å². The van der Waals surface area contributed by atoms with Crippen molar-refractivity contribution < 1.29 is 47.6 Å². The highest BCUT2D eigenvalue weighted by atomic mass is 31.2. The minimum atomic E-state index is -4.43. The monoisotopic (exact) mass is 651 g/mol. The zero-order chi connectivity index (χ0) is 32.9. The molecule has 6 atom stereocenters. The third-order valence-corrected chi connectivity index (χ3v) is 8.60. The Morgan fingerprint density at radius 2 is 1.91 bits per heavy atom. The fourth-order valence-electron chi connectivity index (χ4n) is 4.72. The molecule has 0 spiro atoms. The fourth-order valence-corrected chi connectivity index (χ4v) is 6.26. The Labute approximate surface area is 258 Å². The van der Waals surface area contributed by atoms with E-state index in [1.807, 2.05) is 0 Å². The number of ether oxygens (including phenoxy) is 3. The molecule has 1 aliphatic heterocycles. The van der Waals surface area contributed by atoms with E-state index < -0.39 is 56.4 Å². The molecule has 18 heteroatoms. The summed E-state index contributed by atoms with van der Waals surface area (Å²) in [4.78, 5) is 36.5. The quantitative estimate of drug-likeness (QED) is 0.122. The number of carbonyl (C=O) groups excluding carboxylic acids is 2. The number of fused-ring (bicyclic) bond motifs is 1. The van der Waals surface area contributed by atoms with Crippen molar-refractivity contribution in [3.63, 3.8) is 0 Å². The van der Waals surface area contributed by atoms with Gasteiger partial charge in [0.1, 0.15) is 35.1 Å². The van der Waals surface area contributed by atoms with E-state index in [0.29, 0.717) is 5.56 Å². The largest absolute Gasteiger partial charge is 0.466 e. The minimum absolute atomic E-state index is 0.0109. The van der Waals surface area contributed by atoms with E-state index >= 15 is 0 Å². The Morgan fingerprint density at radius 1 is 1.20 bits per heavy atom. The van der Waals surface area contributed by atoms with E-state index in [9.17, 15) is 24.4 Å². The summed E-state index contributed by atoms with van der Waals surface area (Å²) in [5, 5.41) is 24.9. The first-order valence-electron chi connectivity index (χ1n) is 14.2. The highest BCUT2D eigenvalue weighted by Gasteiger charge is 2.54. The lowest BCUT2D eigenvalue weighted by atomic mass is 9.96. The third-order valence-electron chi connectivity index (χ3n) is 6.97. The lowest BCUT2D eigenvalue weighted by Gasteiger charge is -2.27. The molecule has 45 heavy (non-hydrogen) atoms. The van der Waals surface area contributed by atoms with E-state index in [-0.39, 0.29) is 54.7 Å². The van der Waals surface area contributed by atoms with Crippen LogP contribution in [0.15, 0.2) is 30.6 Å². The number of nitrogen functional groups attached to an aromatic ring is 2. The van der Waals surface area contributed by atoms with Crippen molar-refractivity contribution in [3.8, 4) is 5.75 Å². The number of carbonyl (C=O) groups is 2. The number of nitrogens with one attached hydrogen (secondary N) is 1. The van der Waals surface area contributed by atoms with Crippen LogP contribution in [0.3, 0.4) is 0 Å². The molecule has 4 rings (SSSR count). The summed E-state index contributed by atoms with van der Waals surface area (Å²) >= 11 is 0. The van der Waals surface area contributed by atoms with Crippen LogP contribution >= 0.6 is 7.75 Å². The summed E-state index contributed by atoms with van der Waals surface area (Å²) in [6.07, 6.45) is -2.53. The minimum Gasteiger partial charge on any atom is -0.466 e. The Balaban J connectivity index is 1.57. The maximum Gasteiger partial charge on any atom is 0.459 e. The molecule has 0 aliphatic carbocycles. The van der Waals surface area contributed by atoms with Crippen LogP contribution in [0.2, 0.25) is 0 Å². The number of nitrogens with two attached hydrogens (primary N) is 2. The summed E-state index contributed by atoms with van der Waals surface area (Å²) in [5.41, 5.74) is 10.6. The molecule has 0 radical (unpaired) electrons. The average molecular weight is 652 g/mol. The third kappa shape index (κ3) is 7.69. The topological polar surface area (TPSA) is 245 Å². The van der Waals surface area contributed by atoms with Gasteiger partial charge in [-0.3, -0.25) is 18.7 Å². The summed E-state index contributed by atoms with van der Waals surface area (Å²) in [5.74, 6) is -1.14. The molecule has 246 valence electrons. The van der Waals surface area contributed by atoms with E-state index in [1.54, 1.807) is 32.0 Å². The second kappa shape index (κ2) is 14.1. The number of aromatic nitrogens is 4. The first-order chi connectivity index (χ1) is 21.3. The molecule has 0 amide bonds. The Morgan fingerprint density at radius 3 is 2.62 bits per heavy atom. The standard InChI is InChI=1S/C27H38N7O10P/c1-5-40-19(35)12-11-16-9-7-8-10-17(16)44-45(39,33-15(3)24(37)41-6-2)42-13-18-21(36)27(4,38)25(43-18)34-14-30-20-22(28)31-26(29)32-23(20)34/h7-10,14-15,18,21,25,36,38H,5-6,11-13H2,1-4H3,(H,33,39)(H4,28,29,31,32)/t15-,18+,21+,25+,27+,45?/m0/s1. The van der Waals surface area contributed by atoms with Crippen molar-refractivity contribution >= 4 is 42.6 Å². The van der Waals surface area contributed by atoms with Gasteiger partial charge in [-0.15, -0.1) is 0 Å². The van der Waals surface area contributed by atoms with Crippen LogP contribution in [0.1, 0.15) is 45.9 Å². The normalized spacial score (nSPS) is 23.4. The van der Waals surface area contributed by atoms with Crippen molar-refractivity contribution in [1.29, 1.82) is 0 Å². The van der Waals surface area contributed by atoms with Crippen molar-refractivity contribution in [2.45, 2.75) is 70.6 Å². The number of nitrogens with zero attached hydrogens (tertiary/aromatic N) is 4. The smallest absolute Gasteiger partial charge is 0.459 e. The lowest BCUT2D eigenvalue weighted by molar-refractivity contribution is -0.145. The molecular weight excluding hydrogens is 613 g/mol. The number of benzene rings is 1. The predicted octanol–water partition coefficient (Wildman–Crippen LogP) is 1.24. The lowest BCUT2D eigenvalue weighted by Crippen LogP contribution is -2.44. The highest BCUT2D eigenvalue weighted by molar-refractivity contribution is 7.52. The summed E-state index contributed by atoms with van der Waals surface area (Å²) in [6, 6.07) is 5.41. The molecule has 2 aromatic heterocycles. The predicted molar refractivity (Wildman–Crippen MR) is 160 cm³/mol. The molecule has 0 saturated carbocycles. The summed E-state index contributed by atoms with van der Waals surface area (Å²) in [7, 11) is -4.43. The molecule has 7 N–H and O–H groups in total. The number of aryl methyl sites for hydroxylation is 1. The molecule has 1 aromatic carbocycles. The van der Waals surface area contributed by atoms with Gasteiger partial charge in [0.15, 0.2) is 17.7 Å². The number of rotatable bonds is 14. The second-order valence-corrected chi connectivity index (χ2v) is 12.1. The number of para-hydroxylation sites is 1. The number of hydrogen-bond donors (Lipinski definition) is 5. The average Bonchev–Trinajstić information content (AvgIpc) is 3.49. The zero-order valence-corrected chi connectivity index (χ0v) is 26.2. The molecule has 3 aromatic rings. The van der Waals surface area contributed by atoms with Gasteiger partial charge in [0.25, 0.3) is 0 Å². The van der Waals surface area contributed by atoms with Gasteiger partial charge in [0.2, 0.25) is 5.95 Å². The number of hydrogen-bond acceptors (Lipinski definition) is 15. The van der Waals surface area contributed by atoms with Crippen LogP contribution in [0.25, 0.3) is 11.2 Å². The van der Waals surface area contributed by atoms with E-state index in [4.69, 9.17) is 34.7 Å². The van der Waals surface area contributed by atoms with Crippen LogP contribution < -0.4 is 21.1 Å². The summed E-state index contributed by atoms with van der Waals surface area (Å²) < 4.78 is 43.1. The zero-order valence-electron chi connectivity index (χ0n) is 25.3. The van der Waals surface area contributed by atoms with Crippen LogP contribution in [0.5, 0.6) is 5.75 Å². The first-order valence-corrected chi connectivity index (χ1v) is 15.8. The van der Waals surface area contributed by atoms with Crippen molar-refractivity contribution in [2.75, 3.05) is 31.3 Å². The fraction of sp³-hybridized carbons (Fsp3) is 0.519. The number of aliphatic hydroxyl groups excluding tert-OH is 1. The van der Waals surface area contributed by atoms with Gasteiger partial charge < -0.3 is 40.4 Å². The maximum absolute atomic E-state index is 14.2. The molecule has 3 heterocycles. The van der Waals surface area contributed by atoms with Crippen LogP contribution in [-0.2, 0) is 39.3 Å². The highest BCUT2D eigenvalue weighted by Crippen LogP contribution is 2.48. The SMILES string of the molecule is CCOC(=O)CCc1ccccc1OP(=O)(N[C@@H](C)C(=O)OCC)OC[C@H]1O[C@@H](n2cnc3c(N)nc(N)nc32)[C@](C)(O)[C@@H]1O. The molecular formula is C27H38N7O10P. The Kier molecular flexibility index (Phi) is 10.6. The van der Waals surface area contributed by atoms with Crippen LogP contribution in [0.4, 0.5) is 11.8 Å². The van der Waals surface area contributed by atoms with Gasteiger partial charge in [-0.2, -0.15) is 15.1 Å². The number of imidazole rings is 1.